The standard InChI is InChI=1S/C14H15ClN2O/c15-11-6-4-10(5-7-11)8-17-9-12-13(16)2-1-3-14(12)18/h1-7,17-18H,8-9,16H2. The molecule has 0 radical (unpaired) electrons. The number of aromatic hydroxyl groups is 1. The molecule has 0 bridgehead atoms. The lowest BCUT2D eigenvalue weighted by Gasteiger charge is -2.09. The fourth-order valence-corrected chi connectivity index (χ4v) is 1.84. The van der Waals surface area contributed by atoms with E-state index in [0.717, 1.165) is 16.1 Å². The summed E-state index contributed by atoms with van der Waals surface area (Å²) >= 11 is 5.81. The zero-order valence-corrected chi connectivity index (χ0v) is 10.6. The topological polar surface area (TPSA) is 58.3 Å². The lowest BCUT2D eigenvalue weighted by atomic mass is 10.1. The Hall–Kier alpha value is -1.71. The molecule has 2 rings (SSSR count). The van der Waals surface area contributed by atoms with E-state index >= 15 is 0 Å². The molecule has 18 heavy (non-hydrogen) atoms. The molecule has 2 aromatic carbocycles. The maximum Gasteiger partial charge on any atom is 0.122 e. The summed E-state index contributed by atoms with van der Waals surface area (Å²) in [5.74, 6) is 0.221. The molecule has 0 aromatic heterocycles. The minimum Gasteiger partial charge on any atom is -0.508 e. The molecule has 0 atom stereocenters. The van der Waals surface area contributed by atoms with E-state index in [-0.39, 0.29) is 5.75 Å². The quantitative estimate of drug-likeness (QED) is 0.743. The number of phenols is 1. The number of anilines is 1. The van der Waals surface area contributed by atoms with E-state index in [4.69, 9.17) is 17.3 Å². The third-order valence-corrected chi connectivity index (χ3v) is 2.98. The molecule has 4 N–H and O–H groups in total. The van der Waals surface area contributed by atoms with E-state index in [1.807, 2.05) is 24.3 Å². The molecule has 0 saturated carbocycles. The number of phenolic OH excluding ortho intramolecular Hbond substituents is 1. The van der Waals surface area contributed by atoms with Crippen molar-refractivity contribution in [2.45, 2.75) is 13.1 Å². The van der Waals surface area contributed by atoms with Gasteiger partial charge in [-0.15, -0.1) is 0 Å². The fourth-order valence-electron chi connectivity index (χ4n) is 1.72. The molecule has 0 heterocycles. The van der Waals surface area contributed by atoms with Crippen molar-refractivity contribution in [3.05, 3.63) is 58.6 Å². The summed E-state index contributed by atoms with van der Waals surface area (Å²) in [7, 11) is 0. The van der Waals surface area contributed by atoms with Crippen LogP contribution in [0.1, 0.15) is 11.1 Å². The maximum absolute atomic E-state index is 9.69. The monoisotopic (exact) mass is 262 g/mol. The number of hydrogen-bond acceptors (Lipinski definition) is 3. The van der Waals surface area contributed by atoms with Gasteiger partial charge in [0.05, 0.1) is 0 Å². The highest BCUT2D eigenvalue weighted by Crippen LogP contribution is 2.22. The molecule has 4 heteroatoms. The predicted octanol–water partition coefficient (Wildman–Crippen LogP) is 2.92. The Morgan fingerprint density at radius 3 is 2.44 bits per heavy atom. The minimum atomic E-state index is 0.221. The first-order valence-corrected chi connectivity index (χ1v) is 6.06. The molecule has 3 nitrogen and oxygen atoms in total. The van der Waals surface area contributed by atoms with Crippen molar-refractivity contribution in [2.75, 3.05) is 5.73 Å². The molecule has 0 amide bonds. The molecular formula is C14H15ClN2O. The van der Waals surface area contributed by atoms with E-state index in [1.54, 1.807) is 18.2 Å². The van der Waals surface area contributed by atoms with Crippen molar-refractivity contribution < 1.29 is 5.11 Å². The first-order chi connectivity index (χ1) is 8.66. The largest absolute Gasteiger partial charge is 0.508 e. The lowest BCUT2D eigenvalue weighted by Crippen LogP contribution is -2.14. The van der Waals surface area contributed by atoms with Crippen molar-refractivity contribution in [2.24, 2.45) is 0 Å². The van der Waals surface area contributed by atoms with Crippen LogP contribution in [0.25, 0.3) is 0 Å². The first-order valence-electron chi connectivity index (χ1n) is 5.68. The van der Waals surface area contributed by atoms with Gasteiger partial charge in [-0.25, -0.2) is 0 Å². The summed E-state index contributed by atoms with van der Waals surface area (Å²) in [4.78, 5) is 0. The molecule has 0 aliphatic carbocycles. The molecule has 0 aliphatic rings. The third kappa shape index (κ3) is 3.15. The van der Waals surface area contributed by atoms with Crippen LogP contribution in [0.2, 0.25) is 5.02 Å². The highest BCUT2D eigenvalue weighted by atomic mass is 35.5. The Labute approximate surface area is 111 Å². The van der Waals surface area contributed by atoms with Gasteiger partial charge in [-0.05, 0) is 29.8 Å². The van der Waals surface area contributed by atoms with Crippen molar-refractivity contribution in [1.29, 1.82) is 0 Å². The molecule has 0 spiro atoms. The summed E-state index contributed by atoms with van der Waals surface area (Å²) in [5.41, 5.74) is 8.26. The normalized spacial score (nSPS) is 10.5. The number of nitrogen functional groups attached to an aromatic ring is 1. The van der Waals surface area contributed by atoms with Crippen LogP contribution in [0.3, 0.4) is 0 Å². The number of nitrogens with one attached hydrogen (secondary N) is 1. The molecule has 0 fully saturated rings. The van der Waals surface area contributed by atoms with Crippen LogP contribution in [-0.2, 0) is 13.1 Å². The number of halogens is 1. The van der Waals surface area contributed by atoms with Gasteiger partial charge < -0.3 is 16.2 Å². The van der Waals surface area contributed by atoms with Gasteiger partial charge in [-0.2, -0.15) is 0 Å². The van der Waals surface area contributed by atoms with E-state index in [1.165, 1.54) is 0 Å². The van der Waals surface area contributed by atoms with Gasteiger partial charge in [0, 0.05) is 29.4 Å². The van der Waals surface area contributed by atoms with Gasteiger partial charge in [0.25, 0.3) is 0 Å². The maximum atomic E-state index is 9.69. The van der Waals surface area contributed by atoms with Crippen molar-refractivity contribution in [3.8, 4) is 5.75 Å². The van der Waals surface area contributed by atoms with Crippen molar-refractivity contribution >= 4 is 17.3 Å². The SMILES string of the molecule is Nc1cccc(O)c1CNCc1ccc(Cl)cc1. The molecular weight excluding hydrogens is 248 g/mol. The van der Waals surface area contributed by atoms with Gasteiger partial charge >= 0.3 is 0 Å². The average Bonchev–Trinajstić information content (AvgIpc) is 2.35. The fraction of sp³-hybridized carbons (Fsp3) is 0.143. The Morgan fingerprint density at radius 1 is 1.06 bits per heavy atom. The van der Waals surface area contributed by atoms with Gasteiger partial charge in [-0.1, -0.05) is 29.8 Å². The second-order valence-corrected chi connectivity index (χ2v) is 4.51. The number of hydrogen-bond donors (Lipinski definition) is 3. The van der Waals surface area contributed by atoms with Crippen molar-refractivity contribution in [1.82, 2.24) is 5.32 Å². The molecule has 0 unspecified atom stereocenters. The predicted molar refractivity (Wildman–Crippen MR) is 74.5 cm³/mol. The van der Waals surface area contributed by atoms with E-state index < -0.39 is 0 Å². The lowest BCUT2D eigenvalue weighted by molar-refractivity contribution is 0.465. The van der Waals surface area contributed by atoms with Gasteiger partial charge in [0.15, 0.2) is 0 Å². The molecule has 0 aliphatic heterocycles. The molecule has 2 aromatic rings. The Balaban J connectivity index is 1.94. The number of benzene rings is 2. The highest BCUT2D eigenvalue weighted by Gasteiger charge is 2.04. The smallest absolute Gasteiger partial charge is 0.122 e. The zero-order chi connectivity index (χ0) is 13.0. The molecule has 94 valence electrons. The minimum absolute atomic E-state index is 0.221. The summed E-state index contributed by atoms with van der Waals surface area (Å²) < 4.78 is 0. The van der Waals surface area contributed by atoms with Crippen LogP contribution in [0, 0.1) is 0 Å². The van der Waals surface area contributed by atoms with E-state index in [2.05, 4.69) is 5.32 Å². The first kappa shape index (κ1) is 12.7. The van der Waals surface area contributed by atoms with Crippen LogP contribution < -0.4 is 11.1 Å². The van der Waals surface area contributed by atoms with Crippen LogP contribution in [0.5, 0.6) is 5.75 Å². The Bertz CT molecular complexity index is 506. The number of nitrogens with two attached hydrogens (primary N) is 1. The Morgan fingerprint density at radius 2 is 1.78 bits per heavy atom. The zero-order valence-electron chi connectivity index (χ0n) is 9.86. The second-order valence-electron chi connectivity index (χ2n) is 4.07. The van der Waals surface area contributed by atoms with Crippen LogP contribution >= 0.6 is 11.6 Å². The highest BCUT2D eigenvalue weighted by molar-refractivity contribution is 6.30. The summed E-state index contributed by atoms with van der Waals surface area (Å²) in [6.45, 7) is 1.23. The van der Waals surface area contributed by atoms with Crippen LogP contribution in [0.15, 0.2) is 42.5 Å². The Kier molecular flexibility index (Phi) is 4.07. The third-order valence-electron chi connectivity index (χ3n) is 2.73. The molecule has 0 saturated heterocycles. The van der Waals surface area contributed by atoms with Crippen LogP contribution in [-0.4, -0.2) is 5.11 Å². The van der Waals surface area contributed by atoms with Gasteiger partial charge in [-0.3, -0.25) is 0 Å². The summed E-state index contributed by atoms with van der Waals surface area (Å²) in [6.07, 6.45) is 0. The van der Waals surface area contributed by atoms with Crippen molar-refractivity contribution in [3.63, 3.8) is 0 Å². The van der Waals surface area contributed by atoms with Gasteiger partial charge in [0.2, 0.25) is 0 Å². The second kappa shape index (κ2) is 5.76. The summed E-state index contributed by atoms with van der Waals surface area (Å²) in [6, 6.07) is 12.8. The van der Waals surface area contributed by atoms with E-state index in [9.17, 15) is 5.11 Å². The summed E-state index contributed by atoms with van der Waals surface area (Å²) in [5, 5.41) is 13.6. The van der Waals surface area contributed by atoms with Gasteiger partial charge in [0.1, 0.15) is 5.75 Å². The van der Waals surface area contributed by atoms with Crippen LogP contribution in [0.4, 0.5) is 5.69 Å². The van der Waals surface area contributed by atoms with E-state index in [0.29, 0.717) is 18.8 Å². The number of rotatable bonds is 4. The average molecular weight is 263 g/mol.